The number of rotatable bonds is 6. The Morgan fingerprint density at radius 3 is 2.87 bits per heavy atom. The number of hydrogen-bond donors (Lipinski definition) is 2. The first-order valence-electron chi connectivity index (χ1n) is 5.51. The van der Waals surface area contributed by atoms with E-state index in [2.05, 4.69) is 30.2 Å². The molecule has 1 heterocycles. The van der Waals surface area contributed by atoms with E-state index in [-0.39, 0.29) is 6.61 Å². The monoisotopic (exact) mass is 208 g/mol. The summed E-state index contributed by atoms with van der Waals surface area (Å²) < 4.78 is 0. The van der Waals surface area contributed by atoms with Crippen molar-refractivity contribution < 1.29 is 5.11 Å². The summed E-state index contributed by atoms with van der Waals surface area (Å²) in [6, 6.07) is 4.76. The minimum absolute atomic E-state index is 0.271. The zero-order chi connectivity index (χ0) is 11.1. The highest BCUT2D eigenvalue weighted by molar-refractivity contribution is 5.12. The molecule has 1 rings (SSSR count). The maximum atomic E-state index is 8.73. The van der Waals surface area contributed by atoms with Gasteiger partial charge in [-0.25, -0.2) is 0 Å². The predicted molar refractivity (Wildman–Crippen MR) is 61.6 cm³/mol. The number of hydrogen-bond acceptors (Lipinski definition) is 3. The zero-order valence-corrected chi connectivity index (χ0v) is 9.48. The molecule has 84 valence electrons. The molecule has 0 aliphatic rings. The minimum Gasteiger partial charge on any atom is -0.396 e. The standard InChI is InChI=1S/C12H20N2O/c1-10(5-4-8-15)14-11(2)12-6-3-7-13-9-12/h3,6-7,9-11,14-15H,4-5,8H2,1-2H3/t10-,11-/m0/s1. The molecule has 0 spiro atoms. The van der Waals surface area contributed by atoms with E-state index in [4.69, 9.17) is 5.11 Å². The number of pyridine rings is 1. The Morgan fingerprint density at radius 2 is 2.27 bits per heavy atom. The fourth-order valence-corrected chi connectivity index (χ4v) is 1.64. The van der Waals surface area contributed by atoms with Gasteiger partial charge in [-0.3, -0.25) is 4.98 Å². The molecule has 0 amide bonds. The fraction of sp³-hybridized carbons (Fsp3) is 0.583. The molecule has 3 heteroatoms. The van der Waals surface area contributed by atoms with Gasteiger partial charge >= 0.3 is 0 Å². The van der Waals surface area contributed by atoms with Crippen molar-refractivity contribution in [3.05, 3.63) is 30.1 Å². The Balaban J connectivity index is 2.38. The Labute approximate surface area is 91.5 Å². The first-order chi connectivity index (χ1) is 7.24. The maximum absolute atomic E-state index is 8.73. The van der Waals surface area contributed by atoms with E-state index in [1.807, 2.05) is 12.3 Å². The summed E-state index contributed by atoms with van der Waals surface area (Å²) in [7, 11) is 0. The van der Waals surface area contributed by atoms with Crippen LogP contribution in [0.1, 0.15) is 38.3 Å². The predicted octanol–water partition coefficient (Wildman–Crippen LogP) is 1.89. The van der Waals surface area contributed by atoms with E-state index in [1.165, 1.54) is 5.56 Å². The van der Waals surface area contributed by atoms with Crippen molar-refractivity contribution in [2.75, 3.05) is 6.61 Å². The molecule has 0 saturated heterocycles. The van der Waals surface area contributed by atoms with Gasteiger partial charge in [-0.05, 0) is 38.3 Å². The maximum Gasteiger partial charge on any atom is 0.0431 e. The van der Waals surface area contributed by atoms with Crippen molar-refractivity contribution in [3.63, 3.8) is 0 Å². The Bertz CT molecular complexity index is 264. The Hall–Kier alpha value is -0.930. The summed E-state index contributed by atoms with van der Waals surface area (Å²) in [5, 5.41) is 12.2. The van der Waals surface area contributed by atoms with Crippen LogP contribution in [0.25, 0.3) is 0 Å². The van der Waals surface area contributed by atoms with Crippen molar-refractivity contribution in [2.45, 2.75) is 38.8 Å². The number of aliphatic hydroxyl groups is 1. The first-order valence-corrected chi connectivity index (χ1v) is 5.51. The van der Waals surface area contributed by atoms with Crippen LogP contribution < -0.4 is 5.32 Å². The lowest BCUT2D eigenvalue weighted by atomic mass is 10.1. The minimum atomic E-state index is 0.271. The highest BCUT2D eigenvalue weighted by Crippen LogP contribution is 2.11. The lowest BCUT2D eigenvalue weighted by Gasteiger charge is -2.19. The van der Waals surface area contributed by atoms with E-state index in [9.17, 15) is 0 Å². The number of aromatic nitrogens is 1. The molecule has 0 radical (unpaired) electrons. The van der Waals surface area contributed by atoms with Crippen molar-refractivity contribution >= 4 is 0 Å². The smallest absolute Gasteiger partial charge is 0.0431 e. The van der Waals surface area contributed by atoms with Gasteiger partial charge in [0.25, 0.3) is 0 Å². The molecule has 2 N–H and O–H groups in total. The average Bonchev–Trinajstić information content (AvgIpc) is 2.27. The highest BCUT2D eigenvalue weighted by Gasteiger charge is 2.08. The van der Waals surface area contributed by atoms with Gasteiger partial charge in [0.15, 0.2) is 0 Å². The van der Waals surface area contributed by atoms with Gasteiger partial charge in [-0.1, -0.05) is 6.07 Å². The van der Waals surface area contributed by atoms with Gasteiger partial charge in [-0.2, -0.15) is 0 Å². The summed E-state index contributed by atoms with van der Waals surface area (Å²) in [6.45, 7) is 4.54. The second-order valence-electron chi connectivity index (χ2n) is 3.94. The van der Waals surface area contributed by atoms with Crippen LogP contribution in [0.15, 0.2) is 24.5 Å². The molecule has 2 atom stereocenters. The van der Waals surface area contributed by atoms with Crippen LogP contribution in [0, 0.1) is 0 Å². The van der Waals surface area contributed by atoms with Crippen LogP contribution in [0.3, 0.4) is 0 Å². The third kappa shape index (κ3) is 4.40. The van der Waals surface area contributed by atoms with Gasteiger partial charge in [-0.15, -0.1) is 0 Å². The number of aliphatic hydroxyl groups excluding tert-OH is 1. The van der Waals surface area contributed by atoms with Crippen LogP contribution in [-0.4, -0.2) is 22.7 Å². The van der Waals surface area contributed by atoms with E-state index >= 15 is 0 Å². The number of nitrogens with zero attached hydrogens (tertiary/aromatic N) is 1. The summed E-state index contributed by atoms with van der Waals surface area (Å²) in [6.07, 6.45) is 5.52. The van der Waals surface area contributed by atoms with Gasteiger partial charge in [0.1, 0.15) is 0 Å². The second kappa shape index (κ2) is 6.53. The van der Waals surface area contributed by atoms with Gasteiger partial charge in [0.2, 0.25) is 0 Å². The lowest BCUT2D eigenvalue weighted by molar-refractivity contribution is 0.274. The average molecular weight is 208 g/mol. The van der Waals surface area contributed by atoms with Gasteiger partial charge < -0.3 is 10.4 Å². The molecular weight excluding hydrogens is 188 g/mol. The molecule has 0 aliphatic heterocycles. The summed E-state index contributed by atoms with van der Waals surface area (Å²) in [5.41, 5.74) is 1.20. The van der Waals surface area contributed by atoms with Crippen LogP contribution in [0.4, 0.5) is 0 Å². The highest BCUT2D eigenvalue weighted by atomic mass is 16.2. The lowest BCUT2D eigenvalue weighted by Crippen LogP contribution is -2.29. The summed E-state index contributed by atoms with van der Waals surface area (Å²) >= 11 is 0. The van der Waals surface area contributed by atoms with E-state index in [1.54, 1.807) is 6.20 Å². The molecule has 0 fully saturated rings. The largest absolute Gasteiger partial charge is 0.396 e. The van der Waals surface area contributed by atoms with Crippen molar-refractivity contribution in [3.8, 4) is 0 Å². The second-order valence-corrected chi connectivity index (χ2v) is 3.94. The van der Waals surface area contributed by atoms with Crippen LogP contribution >= 0.6 is 0 Å². The third-order valence-corrected chi connectivity index (χ3v) is 2.51. The van der Waals surface area contributed by atoms with Crippen molar-refractivity contribution in [1.29, 1.82) is 0 Å². The Morgan fingerprint density at radius 1 is 1.47 bits per heavy atom. The first kappa shape index (κ1) is 12.1. The van der Waals surface area contributed by atoms with E-state index < -0.39 is 0 Å². The normalized spacial score (nSPS) is 14.9. The Kier molecular flexibility index (Phi) is 5.29. The fourth-order valence-electron chi connectivity index (χ4n) is 1.64. The van der Waals surface area contributed by atoms with E-state index in [0.717, 1.165) is 12.8 Å². The molecular formula is C12H20N2O. The summed E-state index contributed by atoms with van der Waals surface area (Å²) in [4.78, 5) is 4.10. The molecule has 15 heavy (non-hydrogen) atoms. The molecule has 0 bridgehead atoms. The summed E-state index contributed by atoms with van der Waals surface area (Å²) in [5.74, 6) is 0. The quantitative estimate of drug-likeness (QED) is 0.750. The van der Waals surface area contributed by atoms with E-state index in [0.29, 0.717) is 12.1 Å². The van der Waals surface area contributed by atoms with Crippen molar-refractivity contribution in [2.24, 2.45) is 0 Å². The van der Waals surface area contributed by atoms with Crippen LogP contribution in [0.2, 0.25) is 0 Å². The molecule has 0 saturated carbocycles. The molecule has 1 aromatic heterocycles. The van der Waals surface area contributed by atoms with Crippen LogP contribution in [-0.2, 0) is 0 Å². The zero-order valence-electron chi connectivity index (χ0n) is 9.48. The topological polar surface area (TPSA) is 45.1 Å². The molecule has 0 unspecified atom stereocenters. The van der Waals surface area contributed by atoms with Gasteiger partial charge in [0.05, 0.1) is 0 Å². The molecule has 0 aliphatic carbocycles. The SMILES string of the molecule is C[C@H](N[C@@H](C)CCCO)c1cccnc1. The molecule has 3 nitrogen and oxygen atoms in total. The van der Waals surface area contributed by atoms with Crippen LogP contribution in [0.5, 0.6) is 0 Å². The van der Waals surface area contributed by atoms with Crippen molar-refractivity contribution in [1.82, 2.24) is 10.3 Å². The molecule has 1 aromatic rings. The number of nitrogens with one attached hydrogen (secondary N) is 1. The molecule has 0 aromatic carbocycles. The third-order valence-electron chi connectivity index (χ3n) is 2.51. The van der Waals surface area contributed by atoms with Gasteiger partial charge in [0, 0.05) is 31.1 Å².